The van der Waals surface area contributed by atoms with Gasteiger partial charge in [0, 0.05) is 22.1 Å². The topological polar surface area (TPSA) is 38.7 Å². The van der Waals surface area contributed by atoms with Crippen molar-refractivity contribution in [2.45, 2.75) is 0 Å². The summed E-state index contributed by atoms with van der Waals surface area (Å²) in [6.07, 6.45) is 0. The van der Waals surface area contributed by atoms with Crippen LogP contribution in [-0.4, -0.2) is 15.0 Å². The smallest absolute Gasteiger partial charge is 0.164 e. The molecule has 0 saturated heterocycles. The molecule has 0 radical (unpaired) electrons. The number of rotatable bonds is 5. The number of hydrogen-bond acceptors (Lipinski definition) is 3. The van der Waals surface area contributed by atoms with Crippen LogP contribution in [0.3, 0.4) is 0 Å². The minimum atomic E-state index is 0.635. The summed E-state index contributed by atoms with van der Waals surface area (Å²) in [5.41, 5.74) is 7.36. The molecule has 9 aromatic rings. The van der Waals surface area contributed by atoms with E-state index in [1.54, 1.807) is 0 Å². The molecule has 0 aliphatic rings. The Labute approximate surface area is 278 Å². The predicted molar refractivity (Wildman–Crippen MR) is 200 cm³/mol. The summed E-state index contributed by atoms with van der Waals surface area (Å²) in [5, 5.41) is 7.12. The quantitative estimate of drug-likeness (QED) is 0.182. The van der Waals surface area contributed by atoms with Gasteiger partial charge in [-0.1, -0.05) is 158 Å². The lowest BCUT2D eigenvalue weighted by Gasteiger charge is -2.14. The highest BCUT2D eigenvalue weighted by Gasteiger charge is 2.18. The molecule has 0 saturated carbocycles. The Morgan fingerprint density at radius 3 is 1.38 bits per heavy atom. The van der Waals surface area contributed by atoms with Crippen LogP contribution in [-0.2, 0) is 0 Å². The van der Waals surface area contributed by atoms with E-state index >= 15 is 0 Å². The Morgan fingerprint density at radius 1 is 0.271 bits per heavy atom. The molecular formula is C45H29N3. The molecule has 0 bridgehead atoms. The van der Waals surface area contributed by atoms with Crippen molar-refractivity contribution < 1.29 is 0 Å². The molecule has 1 aromatic heterocycles. The lowest BCUT2D eigenvalue weighted by atomic mass is 9.93. The van der Waals surface area contributed by atoms with E-state index in [0.29, 0.717) is 17.5 Å². The highest BCUT2D eigenvalue weighted by molar-refractivity contribution is 6.23. The van der Waals surface area contributed by atoms with Crippen molar-refractivity contribution in [2.75, 3.05) is 0 Å². The molecule has 0 fully saturated rings. The van der Waals surface area contributed by atoms with Crippen LogP contribution in [0.15, 0.2) is 176 Å². The molecular weight excluding hydrogens is 583 g/mol. The molecule has 0 aliphatic carbocycles. The van der Waals surface area contributed by atoms with Crippen molar-refractivity contribution in [3.8, 4) is 56.4 Å². The maximum absolute atomic E-state index is 5.28. The van der Waals surface area contributed by atoms with Crippen molar-refractivity contribution in [1.29, 1.82) is 0 Å². The van der Waals surface area contributed by atoms with Crippen molar-refractivity contribution in [3.63, 3.8) is 0 Å². The van der Waals surface area contributed by atoms with Gasteiger partial charge in [0.15, 0.2) is 17.5 Å². The third-order valence-corrected chi connectivity index (χ3v) is 9.06. The van der Waals surface area contributed by atoms with Crippen LogP contribution in [0.5, 0.6) is 0 Å². The monoisotopic (exact) mass is 611 g/mol. The Morgan fingerprint density at radius 2 is 0.729 bits per heavy atom. The van der Waals surface area contributed by atoms with E-state index in [9.17, 15) is 0 Å². The summed E-state index contributed by atoms with van der Waals surface area (Å²) < 4.78 is 0. The number of hydrogen-bond donors (Lipinski definition) is 0. The summed E-state index contributed by atoms with van der Waals surface area (Å²) >= 11 is 0. The fourth-order valence-corrected chi connectivity index (χ4v) is 6.75. The van der Waals surface area contributed by atoms with Crippen LogP contribution in [0.2, 0.25) is 0 Å². The summed E-state index contributed by atoms with van der Waals surface area (Å²) in [6.45, 7) is 0. The minimum absolute atomic E-state index is 0.635. The van der Waals surface area contributed by atoms with Gasteiger partial charge in [0.25, 0.3) is 0 Å². The second-order valence-corrected chi connectivity index (χ2v) is 12.1. The summed E-state index contributed by atoms with van der Waals surface area (Å²) in [5.74, 6) is 1.93. The zero-order valence-electron chi connectivity index (χ0n) is 26.1. The zero-order valence-corrected chi connectivity index (χ0v) is 26.1. The zero-order chi connectivity index (χ0) is 31.9. The van der Waals surface area contributed by atoms with Gasteiger partial charge in [0.1, 0.15) is 0 Å². The van der Waals surface area contributed by atoms with Crippen LogP contribution in [0, 0.1) is 0 Å². The van der Waals surface area contributed by atoms with E-state index in [1.807, 2.05) is 30.3 Å². The number of nitrogens with zero attached hydrogens (tertiary/aromatic N) is 3. The summed E-state index contributed by atoms with van der Waals surface area (Å²) in [6, 6.07) is 61.7. The molecule has 0 spiro atoms. The van der Waals surface area contributed by atoms with Gasteiger partial charge >= 0.3 is 0 Å². The van der Waals surface area contributed by atoms with Gasteiger partial charge in [0.05, 0.1) is 0 Å². The van der Waals surface area contributed by atoms with Gasteiger partial charge in [0.2, 0.25) is 0 Å². The van der Waals surface area contributed by atoms with E-state index in [4.69, 9.17) is 15.0 Å². The number of fused-ring (bicyclic) bond motifs is 5. The first-order valence-electron chi connectivity index (χ1n) is 16.2. The van der Waals surface area contributed by atoms with Gasteiger partial charge in [-0.3, -0.25) is 0 Å². The van der Waals surface area contributed by atoms with Gasteiger partial charge < -0.3 is 0 Å². The Kier molecular flexibility index (Phi) is 6.80. The Hall–Kier alpha value is -6.45. The minimum Gasteiger partial charge on any atom is -0.208 e. The van der Waals surface area contributed by atoms with Gasteiger partial charge in [-0.15, -0.1) is 0 Å². The molecule has 3 nitrogen and oxygen atoms in total. The Bertz CT molecular complexity index is 2530. The van der Waals surface area contributed by atoms with Gasteiger partial charge in [-0.25, -0.2) is 15.0 Å². The average Bonchev–Trinajstić information content (AvgIpc) is 3.18. The maximum Gasteiger partial charge on any atom is 0.164 e. The standard InChI is InChI=1S/C45H29N3/c1-4-13-30(14-5-1)36-27-37(31-15-6-2-7-16-31)29-38(28-36)44-46-43(35-18-8-3-9-19-35)47-45(48-44)40-22-12-20-33-25-26-34-24-23-32-17-10-11-21-39(32)41(34)42(33)40/h1-29H. The van der Waals surface area contributed by atoms with Crippen LogP contribution >= 0.6 is 0 Å². The lowest BCUT2D eigenvalue weighted by molar-refractivity contribution is 1.08. The van der Waals surface area contributed by atoms with Crippen molar-refractivity contribution >= 4 is 32.3 Å². The molecule has 224 valence electrons. The Balaban J connectivity index is 1.34. The highest BCUT2D eigenvalue weighted by Crippen LogP contribution is 2.39. The molecule has 0 aliphatic heterocycles. The van der Waals surface area contributed by atoms with E-state index in [2.05, 4.69) is 146 Å². The fourth-order valence-electron chi connectivity index (χ4n) is 6.75. The van der Waals surface area contributed by atoms with Crippen molar-refractivity contribution in [1.82, 2.24) is 15.0 Å². The summed E-state index contributed by atoms with van der Waals surface area (Å²) in [7, 11) is 0. The molecule has 8 aromatic carbocycles. The average molecular weight is 612 g/mol. The van der Waals surface area contributed by atoms with E-state index in [0.717, 1.165) is 49.7 Å². The van der Waals surface area contributed by atoms with Gasteiger partial charge in [-0.2, -0.15) is 0 Å². The molecule has 9 rings (SSSR count). The molecule has 0 unspecified atom stereocenters. The largest absolute Gasteiger partial charge is 0.208 e. The highest BCUT2D eigenvalue weighted by atomic mass is 15.0. The molecule has 0 N–H and O–H groups in total. The van der Waals surface area contributed by atoms with Crippen LogP contribution in [0.4, 0.5) is 0 Å². The van der Waals surface area contributed by atoms with Gasteiger partial charge in [-0.05, 0) is 67.4 Å². The normalized spacial score (nSPS) is 11.3. The molecule has 0 atom stereocenters. The van der Waals surface area contributed by atoms with Crippen molar-refractivity contribution in [2.24, 2.45) is 0 Å². The maximum atomic E-state index is 5.28. The van der Waals surface area contributed by atoms with E-state index in [1.165, 1.54) is 21.5 Å². The molecule has 0 amide bonds. The lowest BCUT2D eigenvalue weighted by Crippen LogP contribution is -2.01. The van der Waals surface area contributed by atoms with E-state index in [-0.39, 0.29) is 0 Å². The molecule has 1 heterocycles. The number of aromatic nitrogens is 3. The van der Waals surface area contributed by atoms with Crippen molar-refractivity contribution in [3.05, 3.63) is 176 Å². The second-order valence-electron chi connectivity index (χ2n) is 12.1. The molecule has 3 heteroatoms. The summed E-state index contributed by atoms with van der Waals surface area (Å²) in [4.78, 5) is 15.6. The second kappa shape index (κ2) is 11.7. The van der Waals surface area contributed by atoms with Crippen LogP contribution in [0.1, 0.15) is 0 Å². The number of benzene rings is 8. The first-order valence-corrected chi connectivity index (χ1v) is 16.2. The molecule has 48 heavy (non-hydrogen) atoms. The third-order valence-electron chi connectivity index (χ3n) is 9.06. The van der Waals surface area contributed by atoms with Crippen LogP contribution in [0.25, 0.3) is 88.7 Å². The van der Waals surface area contributed by atoms with E-state index < -0.39 is 0 Å². The third kappa shape index (κ3) is 4.99. The fraction of sp³-hybridized carbons (Fsp3) is 0. The van der Waals surface area contributed by atoms with Crippen LogP contribution < -0.4 is 0 Å². The predicted octanol–water partition coefficient (Wildman–Crippen LogP) is 11.7. The first kappa shape index (κ1) is 27.8. The SMILES string of the molecule is c1ccc(-c2cc(-c3ccccc3)cc(-c3nc(-c4ccccc4)nc(-c4cccc5ccc6ccc7ccccc7c6c45)n3)c2)cc1. The first-order chi connectivity index (χ1) is 23.8.